The summed E-state index contributed by atoms with van der Waals surface area (Å²) in [6.45, 7) is 4.29. The summed E-state index contributed by atoms with van der Waals surface area (Å²) in [7, 11) is 4.77. The Bertz CT molecular complexity index is 971. The van der Waals surface area contributed by atoms with Crippen molar-refractivity contribution in [1.82, 2.24) is 15.2 Å². The summed E-state index contributed by atoms with van der Waals surface area (Å²) in [6.07, 6.45) is 2.26. The van der Waals surface area contributed by atoms with Crippen LogP contribution in [-0.4, -0.2) is 69.3 Å². The Morgan fingerprint density at radius 3 is 2.45 bits per heavy atom. The van der Waals surface area contributed by atoms with E-state index >= 15 is 0 Å². The van der Waals surface area contributed by atoms with Gasteiger partial charge >= 0.3 is 0 Å². The molecular weight excluding hydrogens is 422 g/mol. The summed E-state index contributed by atoms with van der Waals surface area (Å²) in [5.74, 6) is 1.09. The number of rotatable bonds is 9. The van der Waals surface area contributed by atoms with Crippen LogP contribution in [0.1, 0.15) is 57.3 Å². The highest BCUT2D eigenvalue weighted by atomic mass is 16.5. The van der Waals surface area contributed by atoms with Crippen LogP contribution in [0, 0.1) is 6.92 Å². The van der Waals surface area contributed by atoms with E-state index in [0.29, 0.717) is 48.9 Å². The zero-order valence-electron chi connectivity index (χ0n) is 19.8. The molecule has 1 fully saturated rings. The number of aryl methyl sites for hydroxylation is 1. The fraction of sp³-hybridized carbons (Fsp3) is 0.480. The van der Waals surface area contributed by atoms with Gasteiger partial charge in [-0.15, -0.1) is 0 Å². The number of likely N-dealkylation sites (tertiary alicyclic amines) is 1. The Labute approximate surface area is 195 Å². The standard InChI is InChI=1S/C25H33N3O5/c1-17-6-8-20(24(29)26-12-5-15-31-2)23(27-17)18-10-13-28(14-11-18)25(30)19-7-9-21(32-3)22(16-19)33-4/h6-9,16,18H,5,10-15H2,1-4H3,(H,26,29). The molecule has 0 atom stereocenters. The molecule has 178 valence electrons. The second-order valence-corrected chi connectivity index (χ2v) is 8.12. The molecule has 1 aliphatic rings. The van der Waals surface area contributed by atoms with Crippen molar-refractivity contribution in [2.45, 2.75) is 32.1 Å². The van der Waals surface area contributed by atoms with Crippen molar-refractivity contribution < 1.29 is 23.8 Å². The van der Waals surface area contributed by atoms with Crippen LogP contribution in [0.2, 0.25) is 0 Å². The number of carbonyl (C=O) groups excluding carboxylic acids is 2. The molecule has 0 bridgehead atoms. The van der Waals surface area contributed by atoms with Crippen LogP contribution in [0.15, 0.2) is 30.3 Å². The van der Waals surface area contributed by atoms with Crippen LogP contribution in [0.3, 0.4) is 0 Å². The molecule has 8 nitrogen and oxygen atoms in total. The Morgan fingerprint density at radius 2 is 1.79 bits per heavy atom. The van der Waals surface area contributed by atoms with Gasteiger partial charge in [0.15, 0.2) is 11.5 Å². The molecule has 3 rings (SSSR count). The van der Waals surface area contributed by atoms with Gasteiger partial charge in [0.1, 0.15) is 0 Å². The van der Waals surface area contributed by atoms with Crippen LogP contribution in [0.25, 0.3) is 0 Å². The van der Waals surface area contributed by atoms with Gasteiger partial charge in [0, 0.05) is 50.5 Å². The van der Waals surface area contributed by atoms with Crippen molar-refractivity contribution in [3.8, 4) is 11.5 Å². The number of piperidine rings is 1. The summed E-state index contributed by atoms with van der Waals surface area (Å²) in [4.78, 5) is 32.4. The molecule has 1 aromatic heterocycles. The molecular formula is C25H33N3O5. The van der Waals surface area contributed by atoms with Crippen LogP contribution in [-0.2, 0) is 4.74 Å². The number of nitrogens with one attached hydrogen (secondary N) is 1. The van der Waals surface area contributed by atoms with E-state index in [1.165, 1.54) is 0 Å². The average Bonchev–Trinajstić information content (AvgIpc) is 2.85. The van der Waals surface area contributed by atoms with E-state index in [-0.39, 0.29) is 17.7 Å². The van der Waals surface area contributed by atoms with E-state index in [0.717, 1.165) is 30.7 Å². The van der Waals surface area contributed by atoms with Crippen molar-refractivity contribution in [3.05, 3.63) is 52.8 Å². The molecule has 2 amide bonds. The number of hydrogen-bond acceptors (Lipinski definition) is 6. The highest BCUT2D eigenvalue weighted by Crippen LogP contribution is 2.32. The summed E-state index contributed by atoms with van der Waals surface area (Å²) < 4.78 is 15.6. The van der Waals surface area contributed by atoms with Gasteiger partial charge in [-0.3, -0.25) is 14.6 Å². The maximum Gasteiger partial charge on any atom is 0.253 e. The van der Waals surface area contributed by atoms with E-state index in [1.807, 2.05) is 24.0 Å². The Hall–Kier alpha value is -3.13. The molecule has 0 unspecified atom stereocenters. The predicted octanol–water partition coefficient (Wildman–Crippen LogP) is 3.19. The summed E-state index contributed by atoms with van der Waals surface area (Å²) in [6, 6.07) is 8.92. The lowest BCUT2D eigenvalue weighted by Crippen LogP contribution is -2.38. The fourth-order valence-corrected chi connectivity index (χ4v) is 4.10. The van der Waals surface area contributed by atoms with Gasteiger partial charge in [-0.2, -0.15) is 0 Å². The molecule has 0 spiro atoms. The van der Waals surface area contributed by atoms with Gasteiger partial charge in [-0.1, -0.05) is 0 Å². The summed E-state index contributed by atoms with van der Waals surface area (Å²) in [5, 5.41) is 2.96. The molecule has 0 aliphatic carbocycles. The fourth-order valence-electron chi connectivity index (χ4n) is 4.10. The zero-order valence-corrected chi connectivity index (χ0v) is 19.8. The topological polar surface area (TPSA) is 90.0 Å². The van der Waals surface area contributed by atoms with Crippen LogP contribution >= 0.6 is 0 Å². The third-order valence-corrected chi connectivity index (χ3v) is 5.92. The molecule has 1 saturated heterocycles. The number of pyridine rings is 1. The molecule has 1 aromatic carbocycles. The first-order chi connectivity index (χ1) is 16.0. The second-order valence-electron chi connectivity index (χ2n) is 8.12. The molecule has 1 N–H and O–H groups in total. The van der Waals surface area contributed by atoms with Crippen LogP contribution < -0.4 is 14.8 Å². The Morgan fingerprint density at radius 1 is 1.06 bits per heavy atom. The zero-order chi connectivity index (χ0) is 23.8. The van der Waals surface area contributed by atoms with Crippen LogP contribution in [0.5, 0.6) is 11.5 Å². The van der Waals surface area contributed by atoms with Crippen molar-refractivity contribution in [3.63, 3.8) is 0 Å². The molecule has 2 heterocycles. The first-order valence-corrected chi connectivity index (χ1v) is 11.2. The lowest BCUT2D eigenvalue weighted by atomic mass is 9.89. The number of nitrogens with zero attached hydrogens (tertiary/aromatic N) is 2. The first-order valence-electron chi connectivity index (χ1n) is 11.2. The number of hydrogen-bond donors (Lipinski definition) is 1. The molecule has 0 radical (unpaired) electrons. The highest BCUT2D eigenvalue weighted by molar-refractivity contribution is 5.96. The Balaban J connectivity index is 1.67. The van der Waals surface area contributed by atoms with E-state index in [2.05, 4.69) is 5.32 Å². The minimum Gasteiger partial charge on any atom is -0.493 e. The van der Waals surface area contributed by atoms with E-state index in [1.54, 1.807) is 39.5 Å². The van der Waals surface area contributed by atoms with E-state index in [9.17, 15) is 9.59 Å². The van der Waals surface area contributed by atoms with E-state index < -0.39 is 0 Å². The summed E-state index contributed by atoms with van der Waals surface area (Å²) >= 11 is 0. The number of carbonyl (C=O) groups is 2. The van der Waals surface area contributed by atoms with Crippen molar-refractivity contribution in [2.24, 2.45) is 0 Å². The maximum absolute atomic E-state index is 13.1. The lowest BCUT2D eigenvalue weighted by molar-refractivity contribution is 0.0710. The average molecular weight is 456 g/mol. The van der Waals surface area contributed by atoms with Crippen molar-refractivity contribution in [2.75, 3.05) is 47.6 Å². The monoisotopic (exact) mass is 455 g/mol. The maximum atomic E-state index is 13.1. The molecule has 1 aliphatic heterocycles. The van der Waals surface area contributed by atoms with E-state index in [4.69, 9.17) is 19.2 Å². The van der Waals surface area contributed by atoms with Gasteiger partial charge in [0.2, 0.25) is 0 Å². The largest absolute Gasteiger partial charge is 0.493 e. The molecule has 8 heteroatoms. The number of benzene rings is 1. The molecule has 33 heavy (non-hydrogen) atoms. The van der Waals surface area contributed by atoms with Gasteiger partial charge < -0.3 is 24.4 Å². The minimum atomic E-state index is -0.113. The highest BCUT2D eigenvalue weighted by Gasteiger charge is 2.28. The first kappa shape index (κ1) is 24.5. The van der Waals surface area contributed by atoms with Gasteiger partial charge in [0.25, 0.3) is 11.8 Å². The number of ether oxygens (including phenoxy) is 3. The lowest BCUT2D eigenvalue weighted by Gasteiger charge is -2.32. The van der Waals surface area contributed by atoms with Crippen molar-refractivity contribution in [1.29, 1.82) is 0 Å². The third kappa shape index (κ3) is 6.01. The molecule has 0 saturated carbocycles. The number of aromatic nitrogens is 1. The van der Waals surface area contributed by atoms with Gasteiger partial charge in [-0.25, -0.2) is 0 Å². The molecule has 2 aromatic rings. The number of methoxy groups -OCH3 is 3. The second kappa shape index (κ2) is 11.7. The SMILES string of the molecule is COCCCNC(=O)c1ccc(C)nc1C1CCN(C(=O)c2ccc(OC)c(OC)c2)CC1. The number of amides is 2. The quantitative estimate of drug-likeness (QED) is 0.584. The summed E-state index contributed by atoms with van der Waals surface area (Å²) in [5.41, 5.74) is 2.88. The normalized spacial score (nSPS) is 14.1. The van der Waals surface area contributed by atoms with Gasteiger partial charge in [0.05, 0.1) is 25.5 Å². The Kier molecular flexibility index (Phi) is 8.65. The van der Waals surface area contributed by atoms with Crippen molar-refractivity contribution >= 4 is 11.8 Å². The van der Waals surface area contributed by atoms with Gasteiger partial charge in [-0.05, 0) is 56.5 Å². The van der Waals surface area contributed by atoms with Crippen LogP contribution in [0.4, 0.5) is 0 Å². The minimum absolute atomic E-state index is 0.0392. The smallest absolute Gasteiger partial charge is 0.253 e. The predicted molar refractivity (Wildman–Crippen MR) is 125 cm³/mol. The third-order valence-electron chi connectivity index (χ3n) is 5.92.